The van der Waals surface area contributed by atoms with Crippen molar-refractivity contribution in [2.45, 2.75) is 75.8 Å². The summed E-state index contributed by atoms with van der Waals surface area (Å²) in [6.45, 7) is 2.80. The fraction of sp³-hybridized carbons (Fsp3) is 0.833. The number of rotatable bonds is 1. The largest absolute Gasteiger partial charge is 0.479 e. The van der Waals surface area contributed by atoms with Crippen LogP contribution in [0.1, 0.15) is 64.2 Å². The zero-order chi connectivity index (χ0) is 15.4. The van der Waals surface area contributed by atoms with Crippen molar-refractivity contribution in [3.8, 4) is 0 Å². The fourth-order valence-corrected chi connectivity index (χ4v) is 4.18. The van der Waals surface area contributed by atoms with E-state index in [1.165, 1.54) is 51.4 Å². The van der Waals surface area contributed by atoms with Gasteiger partial charge in [0.1, 0.15) is 0 Å². The number of carboxylic acids is 1. The summed E-state index contributed by atoms with van der Waals surface area (Å²) < 4.78 is 0. The number of fused-ring (bicyclic) bond motifs is 2. The Kier molecular flexibility index (Phi) is 5.07. The van der Waals surface area contributed by atoms with Gasteiger partial charge in [-0.1, -0.05) is 31.8 Å². The third kappa shape index (κ3) is 3.48. The van der Waals surface area contributed by atoms with Gasteiger partial charge >= 0.3 is 5.97 Å². The van der Waals surface area contributed by atoms with Crippen LogP contribution in [0, 0.1) is 0 Å². The van der Waals surface area contributed by atoms with E-state index in [9.17, 15) is 9.90 Å². The Balaban J connectivity index is 1.64. The lowest BCUT2D eigenvalue weighted by molar-refractivity contribution is -0.141. The van der Waals surface area contributed by atoms with Gasteiger partial charge in [-0.15, -0.1) is 0 Å². The highest BCUT2D eigenvalue weighted by molar-refractivity contribution is 5.83. The predicted octanol–water partition coefficient (Wildman–Crippen LogP) is 3.24. The molecule has 3 heterocycles. The predicted molar refractivity (Wildman–Crippen MR) is 87.7 cm³/mol. The molecule has 0 spiro atoms. The van der Waals surface area contributed by atoms with Crippen LogP contribution in [-0.2, 0) is 4.79 Å². The molecule has 0 aliphatic carbocycles. The van der Waals surface area contributed by atoms with Crippen molar-refractivity contribution >= 4 is 5.97 Å². The molecule has 0 aromatic rings. The Morgan fingerprint density at radius 1 is 1.05 bits per heavy atom. The van der Waals surface area contributed by atoms with E-state index < -0.39 is 11.5 Å². The molecular formula is C18H30N2O2. The van der Waals surface area contributed by atoms with Crippen molar-refractivity contribution in [3.05, 3.63) is 12.3 Å². The van der Waals surface area contributed by atoms with Gasteiger partial charge in [0.15, 0.2) is 5.54 Å². The van der Waals surface area contributed by atoms with E-state index in [1.54, 1.807) is 0 Å². The minimum Gasteiger partial charge on any atom is -0.479 e. The molecule has 2 unspecified atom stereocenters. The molecule has 0 saturated carbocycles. The number of carbonyl (C=O) groups is 1. The summed E-state index contributed by atoms with van der Waals surface area (Å²) in [6.07, 6.45) is 16.6. The van der Waals surface area contributed by atoms with Gasteiger partial charge in [-0.25, -0.2) is 4.79 Å². The van der Waals surface area contributed by atoms with Gasteiger partial charge in [0.05, 0.1) is 6.54 Å². The van der Waals surface area contributed by atoms with Gasteiger partial charge in [0.2, 0.25) is 0 Å². The van der Waals surface area contributed by atoms with E-state index in [1.807, 2.05) is 11.1 Å². The number of hydrogen-bond acceptors (Lipinski definition) is 3. The molecule has 22 heavy (non-hydrogen) atoms. The zero-order valence-electron chi connectivity index (χ0n) is 13.7. The summed E-state index contributed by atoms with van der Waals surface area (Å²) in [6, 6.07) is 0.707. The SMILES string of the molecule is O=C(O)C12CCN3CCCC3CCCCCCC/C=C/N1C2. The quantitative estimate of drug-likeness (QED) is 0.755. The maximum Gasteiger partial charge on any atom is 0.331 e. The molecule has 0 aromatic heterocycles. The van der Waals surface area contributed by atoms with Crippen LogP contribution in [0.3, 0.4) is 0 Å². The first-order valence-corrected chi connectivity index (χ1v) is 9.13. The van der Waals surface area contributed by atoms with Crippen LogP contribution in [-0.4, -0.2) is 52.1 Å². The number of nitrogens with zero attached hydrogens (tertiary/aromatic N) is 2. The molecule has 3 rings (SSSR count). The van der Waals surface area contributed by atoms with Gasteiger partial charge in [0.25, 0.3) is 0 Å². The van der Waals surface area contributed by atoms with Crippen LogP contribution in [0.15, 0.2) is 12.3 Å². The van der Waals surface area contributed by atoms with E-state index in [-0.39, 0.29) is 0 Å². The molecule has 3 aliphatic heterocycles. The second kappa shape index (κ2) is 7.03. The smallest absolute Gasteiger partial charge is 0.331 e. The van der Waals surface area contributed by atoms with Crippen LogP contribution >= 0.6 is 0 Å². The third-order valence-electron chi connectivity index (χ3n) is 5.78. The molecule has 4 nitrogen and oxygen atoms in total. The highest BCUT2D eigenvalue weighted by Gasteiger charge is 2.57. The lowest BCUT2D eigenvalue weighted by Crippen LogP contribution is -2.37. The highest BCUT2D eigenvalue weighted by atomic mass is 16.4. The van der Waals surface area contributed by atoms with E-state index in [2.05, 4.69) is 11.0 Å². The Morgan fingerprint density at radius 2 is 1.82 bits per heavy atom. The van der Waals surface area contributed by atoms with Crippen molar-refractivity contribution in [2.75, 3.05) is 19.6 Å². The average Bonchev–Trinajstić information content (AvgIpc) is 3.04. The van der Waals surface area contributed by atoms with Crippen LogP contribution in [0.25, 0.3) is 0 Å². The molecule has 2 saturated heterocycles. The van der Waals surface area contributed by atoms with Crippen LogP contribution < -0.4 is 0 Å². The molecule has 124 valence electrons. The lowest BCUT2D eigenvalue weighted by Gasteiger charge is -2.25. The fourth-order valence-electron chi connectivity index (χ4n) is 4.18. The van der Waals surface area contributed by atoms with Crippen molar-refractivity contribution in [1.29, 1.82) is 0 Å². The summed E-state index contributed by atoms with van der Waals surface area (Å²) in [5.74, 6) is -0.641. The summed E-state index contributed by atoms with van der Waals surface area (Å²) >= 11 is 0. The third-order valence-corrected chi connectivity index (χ3v) is 5.78. The lowest BCUT2D eigenvalue weighted by atomic mass is 10.0. The monoisotopic (exact) mass is 306 g/mol. The van der Waals surface area contributed by atoms with E-state index in [4.69, 9.17) is 0 Å². The Hall–Kier alpha value is -1.03. The second-order valence-electron chi connectivity index (χ2n) is 7.28. The van der Waals surface area contributed by atoms with Crippen LogP contribution in [0.2, 0.25) is 0 Å². The molecule has 2 fully saturated rings. The van der Waals surface area contributed by atoms with Crippen LogP contribution in [0.5, 0.6) is 0 Å². The van der Waals surface area contributed by atoms with Gasteiger partial charge in [0, 0.05) is 12.6 Å². The van der Waals surface area contributed by atoms with Gasteiger partial charge in [-0.3, -0.25) is 0 Å². The van der Waals surface area contributed by atoms with Gasteiger partial charge in [-0.05, 0) is 51.3 Å². The molecule has 4 heteroatoms. The number of hydrogen-bond donors (Lipinski definition) is 1. The second-order valence-corrected chi connectivity index (χ2v) is 7.28. The molecule has 3 aliphatic rings. The highest BCUT2D eigenvalue weighted by Crippen LogP contribution is 2.38. The molecule has 0 amide bonds. The van der Waals surface area contributed by atoms with Crippen molar-refractivity contribution < 1.29 is 9.90 Å². The summed E-state index contributed by atoms with van der Waals surface area (Å²) in [7, 11) is 0. The van der Waals surface area contributed by atoms with Crippen molar-refractivity contribution in [1.82, 2.24) is 9.80 Å². The van der Waals surface area contributed by atoms with Crippen LogP contribution in [0.4, 0.5) is 0 Å². The van der Waals surface area contributed by atoms with Gasteiger partial charge < -0.3 is 14.9 Å². The van der Waals surface area contributed by atoms with Crippen molar-refractivity contribution in [2.24, 2.45) is 0 Å². The molecule has 0 aromatic carbocycles. The number of aliphatic carboxylic acids is 1. The minimum absolute atomic E-state index is 0.607. The Labute approximate surface area is 134 Å². The topological polar surface area (TPSA) is 43.5 Å². The first-order chi connectivity index (χ1) is 10.7. The Bertz CT molecular complexity index is 423. The maximum atomic E-state index is 11.7. The molecular weight excluding hydrogens is 276 g/mol. The van der Waals surface area contributed by atoms with E-state index in [0.29, 0.717) is 12.6 Å². The molecule has 1 N–H and O–H groups in total. The first-order valence-electron chi connectivity index (χ1n) is 9.13. The first kappa shape index (κ1) is 15.9. The Morgan fingerprint density at radius 3 is 2.68 bits per heavy atom. The van der Waals surface area contributed by atoms with E-state index >= 15 is 0 Å². The molecule has 0 radical (unpaired) electrons. The van der Waals surface area contributed by atoms with Crippen molar-refractivity contribution in [3.63, 3.8) is 0 Å². The number of allylic oxidation sites excluding steroid dienone is 1. The summed E-state index contributed by atoms with van der Waals surface area (Å²) in [5.41, 5.74) is -0.607. The maximum absolute atomic E-state index is 11.7. The minimum atomic E-state index is -0.641. The van der Waals surface area contributed by atoms with E-state index in [0.717, 1.165) is 25.9 Å². The number of carboxylic acid groups (broad SMARTS) is 1. The summed E-state index contributed by atoms with van der Waals surface area (Å²) in [5, 5.41) is 9.64. The molecule has 0 bridgehead atoms. The molecule has 2 atom stereocenters. The standard InChI is InChI=1S/C18H30N2O2/c21-17(22)18-11-14-19-12-8-10-16(19)9-6-4-2-1-3-5-7-13-20(18)15-18/h7,13,16H,1-6,8-12,14-15H2,(H,21,22)/b13-7+. The zero-order valence-corrected chi connectivity index (χ0v) is 13.7. The normalized spacial score (nSPS) is 35.8. The summed E-state index contributed by atoms with van der Waals surface area (Å²) in [4.78, 5) is 16.3. The van der Waals surface area contributed by atoms with Gasteiger partial charge in [-0.2, -0.15) is 0 Å². The average molecular weight is 306 g/mol.